The van der Waals surface area contributed by atoms with Crippen molar-refractivity contribution in [1.29, 1.82) is 0 Å². The molecule has 1 aromatic carbocycles. The molecule has 0 amide bonds. The maximum Gasteiger partial charge on any atom is 0.344 e. The second-order valence-electron chi connectivity index (χ2n) is 3.98. The van der Waals surface area contributed by atoms with Gasteiger partial charge in [0.25, 0.3) is 5.69 Å². The van der Waals surface area contributed by atoms with Crippen LogP contribution in [0, 0.1) is 15.9 Å². The van der Waals surface area contributed by atoms with E-state index < -0.39 is 22.4 Å². The Hall–Kier alpha value is -3.03. The predicted molar refractivity (Wildman–Crippen MR) is 64.9 cm³/mol. The lowest BCUT2D eigenvalue weighted by atomic mass is 10.1. The lowest BCUT2D eigenvalue weighted by Crippen LogP contribution is -1.98. The topological polar surface area (TPSA) is 98.1 Å². The molecule has 1 aromatic heterocycles. The second kappa shape index (κ2) is 4.26. The third kappa shape index (κ3) is 1.83. The predicted octanol–water partition coefficient (Wildman–Crippen LogP) is 2.13. The number of imidazole rings is 1. The Kier molecular flexibility index (Phi) is 2.56. The van der Waals surface area contributed by atoms with Crippen molar-refractivity contribution >= 4 is 23.5 Å². The maximum absolute atomic E-state index is 13.3. The zero-order valence-electron chi connectivity index (χ0n) is 9.79. The molecule has 20 heavy (non-hydrogen) atoms. The molecule has 7 nitrogen and oxygen atoms in total. The summed E-state index contributed by atoms with van der Waals surface area (Å²) in [5, 5.41) is 11.0. The summed E-state index contributed by atoms with van der Waals surface area (Å²) in [6, 6.07) is 1.66. The van der Waals surface area contributed by atoms with Gasteiger partial charge in [0.15, 0.2) is 0 Å². The number of cyclic esters (lactones) is 1. The van der Waals surface area contributed by atoms with E-state index in [-0.39, 0.29) is 16.9 Å². The van der Waals surface area contributed by atoms with Gasteiger partial charge in [0.1, 0.15) is 23.0 Å². The highest BCUT2D eigenvalue weighted by atomic mass is 19.1. The molecule has 0 unspecified atom stereocenters. The molecule has 0 aliphatic carbocycles. The Bertz CT molecular complexity index is 752. The Morgan fingerprint density at radius 3 is 2.90 bits per heavy atom. The number of carbonyl (C=O) groups excluding carboxylic acids is 1. The van der Waals surface area contributed by atoms with Gasteiger partial charge in [0, 0.05) is 18.5 Å². The number of fused-ring (bicyclic) bond motifs is 1. The van der Waals surface area contributed by atoms with Crippen LogP contribution in [0.25, 0.3) is 11.8 Å². The molecule has 2 aromatic rings. The van der Waals surface area contributed by atoms with Crippen LogP contribution in [0.5, 0.6) is 0 Å². The first-order chi connectivity index (χ1) is 9.56. The number of carbonyl (C=O) groups is 1. The molecule has 8 heteroatoms. The quantitative estimate of drug-likeness (QED) is 0.514. The van der Waals surface area contributed by atoms with Crippen molar-refractivity contribution in [3.63, 3.8) is 0 Å². The SMILES string of the molecule is O=C1O/C(=C\c2ncc[nH]2)c2c1cc(F)cc2[N+](=O)[O-]. The number of aromatic nitrogens is 2. The van der Waals surface area contributed by atoms with Crippen molar-refractivity contribution in [2.45, 2.75) is 0 Å². The fourth-order valence-corrected chi connectivity index (χ4v) is 1.94. The molecule has 0 atom stereocenters. The molecule has 0 saturated heterocycles. The van der Waals surface area contributed by atoms with E-state index in [4.69, 9.17) is 4.74 Å². The molecule has 0 spiro atoms. The molecular weight excluding hydrogens is 269 g/mol. The van der Waals surface area contributed by atoms with Crippen LogP contribution in [0.3, 0.4) is 0 Å². The zero-order valence-corrected chi connectivity index (χ0v) is 9.79. The summed E-state index contributed by atoms with van der Waals surface area (Å²) in [5.74, 6) is -1.38. The number of halogens is 1. The lowest BCUT2D eigenvalue weighted by Gasteiger charge is -1.99. The fourth-order valence-electron chi connectivity index (χ4n) is 1.94. The summed E-state index contributed by atoms with van der Waals surface area (Å²) in [6.45, 7) is 0. The lowest BCUT2D eigenvalue weighted by molar-refractivity contribution is -0.385. The summed E-state index contributed by atoms with van der Waals surface area (Å²) in [5.41, 5.74) is -0.740. The molecule has 0 bridgehead atoms. The number of esters is 1. The molecule has 100 valence electrons. The van der Waals surface area contributed by atoms with Gasteiger partial charge in [-0.05, 0) is 6.07 Å². The van der Waals surface area contributed by atoms with Crippen LogP contribution in [0.4, 0.5) is 10.1 Å². The van der Waals surface area contributed by atoms with Crippen LogP contribution in [-0.4, -0.2) is 20.9 Å². The van der Waals surface area contributed by atoms with Crippen molar-refractivity contribution in [2.24, 2.45) is 0 Å². The molecule has 3 rings (SSSR count). The number of nitrogens with zero attached hydrogens (tertiary/aromatic N) is 2. The fraction of sp³-hybridized carbons (Fsp3) is 0. The highest BCUT2D eigenvalue weighted by molar-refractivity contribution is 6.07. The van der Waals surface area contributed by atoms with Crippen LogP contribution in [0.15, 0.2) is 24.5 Å². The molecule has 0 saturated carbocycles. The van der Waals surface area contributed by atoms with E-state index in [1.165, 1.54) is 12.3 Å². The van der Waals surface area contributed by atoms with Gasteiger partial charge in [-0.25, -0.2) is 14.2 Å². The monoisotopic (exact) mass is 275 g/mol. The number of nitro groups is 1. The summed E-state index contributed by atoms with van der Waals surface area (Å²) < 4.78 is 18.3. The van der Waals surface area contributed by atoms with Gasteiger partial charge in [-0.15, -0.1) is 0 Å². The standard InChI is InChI=1S/C12H6FN3O4/c13-6-3-7-11(8(4-6)16(18)19)9(20-12(7)17)5-10-14-1-2-15-10/h1-5H,(H,14,15)/b9-5-. The largest absolute Gasteiger partial charge is 0.422 e. The first-order valence-corrected chi connectivity index (χ1v) is 5.48. The number of aromatic amines is 1. The Morgan fingerprint density at radius 2 is 2.25 bits per heavy atom. The number of benzene rings is 1. The van der Waals surface area contributed by atoms with E-state index in [0.29, 0.717) is 5.82 Å². The number of nitro benzene ring substituents is 1. The molecule has 1 aliphatic rings. The van der Waals surface area contributed by atoms with Crippen molar-refractivity contribution in [3.05, 3.63) is 57.4 Å². The molecule has 1 aliphatic heterocycles. The number of nitrogens with one attached hydrogen (secondary N) is 1. The first-order valence-electron chi connectivity index (χ1n) is 5.48. The third-order valence-electron chi connectivity index (χ3n) is 2.74. The van der Waals surface area contributed by atoms with E-state index >= 15 is 0 Å². The first kappa shape index (κ1) is 12.0. The second-order valence-corrected chi connectivity index (χ2v) is 3.98. The summed E-state index contributed by atoms with van der Waals surface area (Å²) in [4.78, 5) is 28.5. The average Bonchev–Trinajstić information content (AvgIpc) is 2.99. The third-order valence-corrected chi connectivity index (χ3v) is 2.74. The van der Waals surface area contributed by atoms with Gasteiger partial charge in [-0.1, -0.05) is 0 Å². The summed E-state index contributed by atoms with van der Waals surface area (Å²) in [6.07, 6.45) is 4.36. The van der Waals surface area contributed by atoms with Crippen LogP contribution >= 0.6 is 0 Å². The van der Waals surface area contributed by atoms with Crippen LogP contribution < -0.4 is 0 Å². The molecule has 0 fully saturated rings. The Morgan fingerprint density at radius 1 is 1.45 bits per heavy atom. The molecule has 0 radical (unpaired) electrons. The van der Waals surface area contributed by atoms with Gasteiger partial charge < -0.3 is 9.72 Å². The molecular formula is C12H6FN3O4. The smallest absolute Gasteiger partial charge is 0.344 e. The van der Waals surface area contributed by atoms with Crippen molar-refractivity contribution in [2.75, 3.05) is 0 Å². The van der Waals surface area contributed by atoms with Gasteiger partial charge in [-0.2, -0.15) is 0 Å². The van der Waals surface area contributed by atoms with Crippen LogP contribution in [0.1, 0.15) is 21.7 Å². The van der Waals surface area contributed by atoms with Crippen molar-refractivity contribution in [1.82, 2.24) is 9.97 Å². The number of rotatable bonds is 2. The minimum atomic E-state index is -0.869. The van der Waals surface area contributed by atoms with Crippen LogP contribution in [-0.2, 0) is 4.74 Å². The minimum Gasteiger partial charge on any atom is -0.422 e. The van der Waals surface area contributed by atoms with E-state index in [1.54, 1.807) is 6.20 Å². The van der Waals surface area contributed by atoms with E-state index in [9.17, 15) is 19.3 Å². The van der Waals surface area contributed by atoms with Crippen LogP contribution in [0.2, 0.25) is 0 Å². The molecule has 2 heterocycles. The van der Waals surface area contributed by atoms with Gasteiger partial charge in [0.2, 0.25) is 0 Å². The highest BCUT2D eigenvalue weighted by Gasteiger charge is 2.35. The van der Waals surface area contributed by atoms with Crippen molar-refractivity contribution < 1.29 is 18.8 Å². The number of ether oxygens (including phenoxy) is 1. The number of hydrogen-bond donors (Lipinski definition) is 1. The van der Waals surface area contributed by atoms with E-state index in [2.05, 4.69) is 9.97 Å². The summed E-state index contributed by atoms with van der Waals surface area (Å²) >= 11 is 0. The number of hydrogen-bond acceptors (Lipinski definition) is 5. The maximum atomic E-state index is 13.3. The average molecular weight is 275 g/mol. The summed E-state index contributed by atoms with van der Waals surface area (Å²) in [7, 11) is 0. The number of H-pyrrole nitrogens is 1. The van der Waals surface area contributed by atoms with E-state index in [1.807, 2.05) is 0 Å². The van der Waals surface area contributed by atoms with Gasteiger partial charge >= 0.3 is 5.97 Å². The highest BCUT2D eigenvalue weighted by Crippen LogP contribution is 2.38. The Labute approximate surface area is 110 Å². The molecule has 1 N–H and O–H groups in total. The van der Waals surface area contributed by atoms with Crippen molar-refractivity contribution in [3.8, 4) is 0 Å². The van der Waals surface area contributed by atoms with Gasteiger partial charge in [0.05, 0.1) is 16.6 Å². The zero-order chi connectivity index (χ0) is 14.3. The van der Waals surface area contributed by atoms with Gasteiger partial charge in [-0.3, -0.25) is 10.1 Å². The Balaban J connectivity index is 2.23. The minimum absolute atomic E-state index is 0.0355. The van der Waals surface area contributed by atoms with E-state index in [0.717, 1.165) is 12.1 Å². The normalized spacial score (nSPS) is 15.2.